The molecule has 6 rings (SSSR count). The molecule has 3 aromatic carbocycles. The number of aromatic nitrogens is 1. The van der Waals surface area contributed by atoms with E-state index in [-0.39, 0.29) is 17.1 Å². The summed E-state index contributed by atoms with van der Waals surface area (Å²) in [6.45, 7) is 4.28. The minimum absolute atomic E-state index is 0.108. The molecular formula is C31H26N2O3. The molecule has 2 heterocycles. The molecule has 0 fully saturated rings. The van der Waals surface area contributed by atoms with E-state index in [0.717, 1.165) is 45.3 Å². The molecule has 0 radical (unpaired) electrons. The molecule has 5 nitrogen and oxygen atoms in total. The number of esters is 1. The molecule has 1 aliphatic heterocycles. The summed E-state index contributed by atoms with van der Waals surface area (Å²) in [5.41, 5.74) is 5.09. The number of hydrogen-bond acceptors (Lipinski definition) is 5. The number of fused-ring (bicyclic) bond motifs is 3. The van der Waals surface area contributed by atoms with Gasteiger partial charge in [-0.1, -0.05) is 56.3 Å². The van der Waals surface area contributed by atoms with E-state index >= 15 is 0 Å². The number of Topliss-reactive ketones (excluding diaryl/α,β-unsaturated/α-hetero) is 1. The van der Waals surface area contributed by atoms with E-state index in [1.807, 2.05) is 30.3 Å². The summed E-state index contributed by atoms with van der Waals surface area (Å²) in [5.74, 6) is -0.127. The number of nitrogens with zero attached hydrogens (tertiary/aromatic N) is 1. The molecule has 178 valence electrons. The molecule has 0 spiro atoms. The lowest BCUT2D eigenvalue weighted by Gasteiger charge is -2.40. The lowest BCUT2D eigenvalue weighted by molar-refractivity contribution is -0.118. The summed E-state index contributed by atoms with van der Waals surface area (Å²) >= 11 is 0. The molecule has 1 aliphatic carbocycles. The van der Waals surface area contributed by atoms with Crippen LogP contribution in [0.25, 0.3) is 10.8 Å². The summed E-state index contributed by atoms with van der Waals surface area (Å²) in [7, 11) is 0. The Morgan fingerprint density at radius 3 is 2.69 bits per heavy atom. The van der Waals surface area contributed by atoms with Crippen LogP contribution in [-0.4, -0.2) is 16.7 Å². The van der Waals surface area contributed by atoms with Crippen LogP contribution in [0.1, 0.15) is 54.1 Å². The third-order valence-corrected chi connectivity index (χ3v) is 7.05. The van der Waals surface area contributed by atoms with Crippen molar-refractivity contribution in [3.8, 4) is 5.75 Å². The predicted octanol–water partition coefficient (Wildman–Crippen LogP) is 6.65. The largest absolute Gasteiger partial charge is 0.423 e. The normalized spacial score (nSPS) is 18.3. The van der Waals surface area contributed by atoms with E-state index in [4.69, 9.17) is 4.74 Å². The molecule has 4 aromatic rings. The minimum Gasteiger partial charge on any atom is -0.423 e. The highest BCUT2D eigenvalue weighted by molar-refractivity contribution is 6.04. The molecule has 36 heavy (non-hydrogen) atoms. The Balaban J connectivity index is 1.50. The number of anilines is 1. The average Bonchev–Trinajstić information content (AvgIpc) is 2.87. The number of ether oxygens (including phenoxy) is 1. The van der Waals surface area contributed by atoms with Crippen LogP contribution in [0.15, 0.2) is 96.5 Å². The van der Waals surface area contributed by atoms with Crippen LogP contribution in [-0.2, 0) is 4.79 Å². The van der Waals surface area contributed by atoms with Crippen molar-refractivity contribution in [1.82, 2.24) is 4.98 Å². The van der Waals surface area contributed by atoms with Gasteiger partial charge in [-0.2, -0.15) is 0 Å². The fraction of sp³-hybridized carbons (Fsp3) is 0.194. The van der Waals surface area contributed by atoms with Gasteiger partial charge in [-0.05, 0) is 64.1 Å². The third kappa shape index (κ3) is 3.87. The number of rotatable bonds is 3. The van der Waals surface area contributed by atoms with Crippen LogP contribution < -0.4 is 10.1 Å². The molecule has 0 bridgehead atoms. The maximum absolute atomic E-state index is 13.6. The number of carbonyl (C=O) groups excluding carboxylic acids is 2. The highest BCUT2D eigenvalue weighted by Crippen LogP contribution is 2.51. The molecule has 5 heteroatoms. The lowest BCUT2D eigenvalue weighted by Crippen LogP contribution is -2.33. The second kappa shape index (κ2) is 8.45. The van der Waals surface area contributed by atoms with E-state index in [9.17, 15) is 9.59 Å². The fourth-order valence-electron chi connectivity index (χ4n) is 5.54. The number of pyridine rings is 1. The number of hydrogen-bond donors (Lipinski definition) is 1. The minimum atomic E-state index is -0.466. The predicted molar refractivity (Wildman–Crippen MR) is 140 cm³/mol. The van der Waals surface area contributed by atoms with Crippen molar-refractivity contribution in [3.05, 3.63) is 113 Å². The van der Waals surface area contributed by atoms with Crippen LogP contribution in [0.2, 0.25) is 0 Å². The van der Waals surface area contributed by atoms with Crippen LogP contribution in [0.3, 0.4) is 0 Å². The summed E-state index contributed by atoms with van der Waals surface area (Å²) in [6.07, 6.45) is 4.40. The molecular weight excluding hydrogens is 448 g/mol. The second-order valence-corrected chi connectivity index (χ2v) is 10.3. The summed E-state index contributed by atoms with van der Waals surface area (Å²) in [4.78, 5) is 30.3. The number of nitrogens with one attached hydrogen (secondary N) is 1. The van der Waals surface area contributed by atoms with Gasteiger partial charge in [0.05, 0.1) is 5.56 Å². The van der Waals surface area contributed by atoms with Crippen LogP contribution in [0.4, 0.5) is 5.69 Å². The van der Waals surface area contributed by atoms with Crippen molar-refractivity contribution in [2.24, 2.45) is 5.41 Å². The maximum atomic E-state index is 13.6. The summed E-state index contributed by atoms with van der Waals surface area (Å²) in [6, 6.07) is 23.4. The van der Waals surface area contributed by atoms with Crippen molar-refractivity contribution in [2.75, 3.05) is 5.32 Å². The van der Waals surface area contributed by atoms with Gasteiger partial charge in [0.2, 0.25) is 0 Å². The van der Waals surface area contributed by atoms with Gasteiger partial charge in [0.1, 0.15) is 5.75 Å². The molecule has 0 saturated carbocycles. The zero-order valence-electron chi connectivity index (χ0n) is 20.2. The molecule has 0 saturated heterocycles. The molecule has 1 aromatic heterocycles. The molecule has 1 atom stereocenters. The van der Waals surface area contributed by atoms with Crippen molar-refractivity contribution in [3.63, 3.8) is 0 Å². The van der Waals surface area contributed by atoms with E-state index in [0.29, 0.717) is 17.7 Å². The Kier molecular flexibility index (Phi) is 5.22. The number of allylic oxidation sites excluding steroid dienone is 2. The Hall–Kier alpha value is -4.25. The van der Waals surface area contributed by atoms with Gasteiger partial charge < -0.3 is 10.1 Å². The number of benzene rings is 3. The molecule has 1 unspecified atom stereocenters. The third-order valence-electron chi connectivity index (χ3n) is 7.05. The van der Waals surface area contributed by atoms with Crippen LogP contribution >= 0.6 is 0 Å². The SMILES string of the molecule is CC1(C)CC(=O)C2=C(C1)Nc1ccc3ccccc3c1C2c1cccc(OC(=O)c2cccnc2)c1. The highest BCUT2D eigenvalue weighted by Gasteiger charge is 2.41. The van der Waals surface area contributed by atoms with Gasteiger partial charge in [-0.25, -0.2) is 4.79 Å². The van der Waals surface area contributed by atoms with E-state index < -0.39 is 5.97 Å². The first-order chi connectivity index (χ1) is 17.4. The van der Waals surface area contributed by atoms with E-state index in [1.54, 1.807) is 24.4 Å². The standard InChI is InChI=1S/C31H26N2O3/c1-31(2)16-25-29(26(34)17-31)27(28-23-11-4-3-7-19(23)12-13-24(28)33-25)20-8-5-10-22(15-20)36-30(35)21-9-6-14-32-18-21/h3-15,18,27,33H,16-17H2,1-2H3. The quantitative estimate of drug-likeness (QED) is 0.266. The number of carbonyl (C=O) groups is 2. The zero-order valence-corrected chi connectivity index (χ0v) is 20.2. The second-order valence-electron chi connectivity index (χ2n) is 10.3. The van der Waals surface area contributed by atoms with Crippen molar-refractivity contribution in [2.45, 2.75) is 32.6 Å². The van der Waals surface area contributed by atoms with Crippen LogP contribution in [0, 0.1) is 5.41 Å². The van der Waals surface area contributed by atoms with Gasteiger partial charge in [0.25, 0.3) is 0 Å². The zero-order chi connectivity index (χ0) is 24.9. The van der Waals surface area contributed by atoms with Crippen molar-refractivity contribution >= 4 is 28.2 Å². The highest BCUT2D eigenvalue weighted by atomic mass is 16.5. The number of ketones is 1. The van der Waals surface area contributed by atoms with E-state index in [2.05, 4.69) is 48.4 Å². The van der Waals surface area contributed by atoms with Crippen molar-refractivity contribution in [1.29, 1.82) is 0 Å². The monoisotopic (exact) mass is 474 g/mol. The lowest BCUT2D eigenvalue weighted by atomic mass is 9.68. The molecule has 1 N–H and O–H groups in total. The summed E-state index contributed by atoms with van der Waals surface area (Å²) < 4.78 is 5.71. The van der Waals surface area contributed by atoms with Crippen LogP contribution in [0.5, 0.6) is 5.75 Å². The van der Waals surface area contributed by atoms with Gasteiger partial charge in [-0.3, -0.25) is 9.78 Å². The van der Waals surface area contributed by atoms with Crippen molar-refractivity contribution < 1.29 is 14.3 Å². The van der Waals surface area contributed by atoms with Gasteiger partial charge in [0, 0.05) is 41.7 Å². The van der Waals surface area contributed by atoms with Gasteiger partial charge >= 0.3 is 5.97 Å². The average molecular weight is 475 g/mol. The Morgan fingerprint density at radius 1 is 1.00 bits per heavy atom. The first kappa shape index (κ1) is 22.2. The first-order valence-corrected chi connectivity index (χ1v) is 12.2. The Labute approximate surface area is 209 Å². The smallest absolute Gasteiger partial charge is 0.345 e. The Bertz CT molecular complexity index is 1550. The fourth-order valence-corrected chi connectivity index (χ4v) is 5.54. The van der Waals surface area contributed by atoms with Gasteiger partial charge in [0.15, 0.2) is 5.78 Å². The first-order valence-electron chi connectivity index (χ1n) is 12.2. The van der Waals surface area contributed by atoms with E-state index in [1.165, 1.54) is 6.20 Å². The topological polar surface area (TPSA) is 68.3 Å². The Morgan fingerprint density at radius 2 is 1.86 bits per heavy atom. The van der Waals surface area contributed by atoms with Gasteiger partial charge in [-0.15, -0.1) is 0 Å². The summed E-state index contributed by atoms with van der Waals surface area (Å²) in [5, 5.41) is 5.84. The molecule has 0 amide bonds. The molecule has 2 aliphatic rings. The maximum Gasteiger partial charge on any atom is 0.345 e.